The van der Waals surface area contributed by atoms with E-state index in [0.29, 0.717) is 19.8 Å². The number of carbonyl (C=O) groups is 1. The number of aryl methyl sites for hydroxylation is 2. The Balaban J connectivity index is 1.52. The van der Waals surface area contributed by atoms with E-state index in [9.17, 15) is 4.79 Å². The number of benzene rings is 2. The molecule has 2 bridgehead atoms. The maximum absolute atomic E-state index is 12.8. The predicted octanol–water partition coefficient (Wildman–Crippen LogP) is 4.50. The molecule has 0 saturated carbocycles. The van der Waals surface area contributed by atoms with Crippen LogP contribution in [0.15, 0.2) is 54.6 Å². The summed E-state index contributed by atoms with van der Waals surface area (Å²) in [7, 11) is 0. The molecule has 2 unspecified atom stereocenters. The Morgan fingerprint density at radius 3 is 2.70 bits per heavy atom. The molecule has 140 valence electrons. The van der Waals surface area contributed by atoms with Crippen molar-refractivity contribution >= 4 is 11.7 Å². The van der Waals surface area contributed by atoms with E-state index in [-0.39, 0.29) is 18.2 Å². The summed E-state index contributed by atoms with van der Waals surface area (Å²) in [6.45, 7) is 5.63. The summed E-state index contributed by atoms with van der Waals surface area (Å²) in [5.41, 5.74) is 6.12. The quantitative estimate of drug-likeness (QED) is 0.806. The summed E-state index contributed by atoms with van der Waals surface area (Å²) in [5.74, 6) is 0. The molecule has 0 aliphatic carbocycles. The molecule has 0 radical (unpaired) electrons. The predicted molar refractivity (Wildman–Crippen MR) is 105 cm³/mol. The van der Waals surface area contributed by atoms with Crippen LogP contribution in [-0.2, 0) is 16.1 Å². The minimum Gasteiger partial charge on any atom is -0.445 e. The van der Waals surface area contributed by atoms with Gasteiger partial charge in [-0.25, -0.2) is 4.79 Å². The minimum atomic E-state index is -0.256. The van der Waals surface area contributed by atoms with Crippen molar-refractivity contribution in [2.24, 2.45) is 0 Å². The molecule has 2 heterocycles. The molecule has 2 aromatic rings. The zero-order chi connectivity index (χ0) is 18.8. The molecule has 2 aromatic carbocycles. The summed E-state index contributed by atoms with van der Waals surface area (Å²) < 4.78 is 11.3. The van der Waals surface area contributed by atoms with Gasteiger partial charge in [-0.3, -0.25) is 4.90 Å². The second-order valence-electron chi connectivity index (χ2n) is 7.42. The lowest BCUT2D eigenvalue weighted by molar-refractivity contribution is -0.0342. The number of ether oxygens (including phenoxy) is 2. The fourth-order valence-corrected chi connectivity index (χ4v) is 4.05. The highest BCUT2D eigenvalue weighted by atomic mass is 16.6. The number of hydrogen-bond acceptors (Lipinski definition) is 3. The van der Waals surface area contributed by atoms with Gasteiger partial charge in [-0.05, 0) is 42.5 Å². The molecule has 2 aliphatic rings. The maximum atomic E-state index is 12.8. The van der Waals surface area contributed by atoms with Gasteiger partial charge >= 0.3 is 6.09 Å². The third kappa shape index (κ3) is 3.76. The first-order chi connectivity index (χ1) is 13.1. The Morgan fingerprint density at radius 1 is 1.15 bits per heavy atom. The van der Waals surface area contributed by atoms with Crippen molar-refractivity contribution in [3.05, 3.63) is 76.9 Å². The number of rotatable bonds is 3. The second-order valence-corrected chi connectivity index (χ2v) is 7.42. The van der Waals surface area contributed by atoms with E-state index in [4.69, 9.17) is 9.47 Å². The monoisotopic (exact) mass is 363 g/mol. The molecule has 1 fully saturated rings. The lowest BCUT2D eigenvalue weighted by atomic mass is 9.88. The normalized spacial score (nSPS) is 21.6. The average Bonchev–Trinajstić information content (AvgIpc) is 2.66. The van der Waals surface area contributed by atoms with Gasteiger partial charge in [0.2, 0.25) is 0 Å². The molecule has 2 atom stereocenters. The maximum Gasteiger partial charge on any atom is 0.411 e. The van der Waals surface area contributed by atoms with Crippen molar-refractivity contribution in [2.75, 3.05) is 13.2 Å². The van der Waals surface area contributed by atoms with E-state index in [1.165, 1.54) is 22.3 Å². The van der Waals surface area contributed by atoms with Crippen LogP contribution in [0.3, 0.4) is 0 Å². The molecule has 4 rings (SSSR count). The summed E-state index contributed by atoms with van der Waals surface area (Å²) in [5, 5.41) is 0. The Hall–Kier alpha value is -2.59. The number of amides is 1. The van der Waals surface area contributed by atoms with Crippen LogP contribution >= 0.6 is 0 Å². The van der Waals surface area contributed by atoms with Crippen molar-refractivity contribution in [1.29, 1.82) is 0 Å². The number of nitrogens with zero attached hydrogens (tertiary/aromatic N) is 1. The molecule has 1 amide bonds. The second kappa shape index (κ2) is 7.57. The number of fused-ring (bicyclic) bond motifs is 2. The van der Waals surface area contributed by atoms with E-state index in [1.54, 1.807) is 0 Å². The van der Waals surface area contributed by atoms with Gasteiger partial charge in [0, 0.05) is 0 Å². The Kier molecular flexibility index (Phi) is 4.99. The number of hydrogen-bond donors (Lipinski definition) is 0. The fraction of sp³-hybridized carbons (Fsp3) is 0.348. The molecule has 2 aliphatic heterocycles. The first-order valence-electron chi connectivity index (χ1n) is 9.47. The lowest BCUT2D eigenvalue weighted by Crippen LogP contribution is -2.56. The van der Waals surface area contributed by atoms with Gasteiger partial charge in [0.1, 0.15) is 6.61 Å². The van der Waals surface area contributed by atoms with Crippen LogP contribution in [0.5, 0.6) is 0 Å². The zero-order valence-electron chi connectivity index (χ0n) is 15.9. The number of carbonyl (C=O) groups excluding carboxylic acids is 1. The molecular formula is C23H25NO3. The van der Waals surface area contributed by atoms with Crippen molar-refractivity contribution < 1.29 is 14.3 Å². The first kappa shape index (κ1) is 17.8. The Labute approximate surface area is 160 Å². The SMILES string of the molecule is Cc1ccc(C2=CC3COCC(C2)N3C(=O)OCc2ccccc2)c(C)c1. The third-order valence-electron chi connectivity index (χ3n) is 5.34. The molecule has 0 spiro atoms. The molecule has 1 saturated heterocycles. The van der Waals surface area contributed by atoms with Gasteiger partial charge in [0.25, 0.3) is 0 Å². The lowest BCUT2D eigenvalue weighted by Gasteiger charge is -2.44. The van der Waals surface area contributed by atoms with Gasteiger partial charge in [0.05, 0.1) is 25.3 Å². The van der Waals surface area contributed by atoms with E-state index < -0.39 is 0 Å². The third-order valence-corrected chi connectivity index (χ3v) is 5.34. The van der Waals surface area contributed by atoms with Crippen molar-refractivity contribution in [3.63, 3.8) is 0 Å². The van der Waals surface area contributed by atoms with Crippen LogP contribution in [0.25, 0.3) is 5.57 Å². The van der Waals surface area contributed by atoms with Crippen LogP contribution in [0.4, 0.5) is 4.79 Å². The molecule has 27 heavy (non-hydrogen) atoms. The molecule has 4 heteroatoms. The standard InChI is InChI=1S/C23H25NO3/c1-16-8-9-22(17(2)10-16)19-11-20-14-26-15-21(12-19)24(20)23(25)27-13-18-6-4-3-5-7-18/h3-11,20-21H,12-15H2,1-2H3. The Morgan fingerprint density at radius 2 is 1.96 bits per heavy atom. The van der Waals surface area contributed by atoms with E-state index >= 15 is 0 Å². The summed E-state index contributed by atoms with van der Waals surface area (Å²) in [6, 6.07) is 16.3. The molecule has 0 aromatic heterocycles. The van der Waals surface area contributed by atoms with E-state index in [2.05, 4.69) is 38.1 Å². The zero-order valence-corrected chi connectivity index (χ0v) is 15.9. The topological polar surface area (TPSA) is 38.8 Å². The molecule has 4 nitrogen and oxygen atoms in total. The summed E-state index contributed by atoms with van der Waals surface area (Å²) in [6.07, 6.45) is 2.71. The van der Waals surface area contributed by atoms with Crippen molar-refractivity contribution in [3.8, 4) is 0 Å². The van der Waals surface area contributed by atoms with Gasteiger partial charge in [0.15, 0.2) is 0 Å². The first-order valence-corrected chi connectivity index (χ1v) is 9.47. The summed E-state index contributed by atoms with van der Waals surface area (Å²) >= 11 is 0. The largest absolute Gasteiger partial charge is 0.445 e. The van der Waals surface area contributed by atoms with Crippen molar-refractivity contribution in [2.45, 2.75) is 39.0 Å². The van der Waals surface area contributed by atoms with Crippen LogP contribution in [0.2, 0.25) is 0 Å². The highest BCUT2D eigenvalue weighted by Crippen LogP contribution is 2.34. The summed E-state index contributed by atoms with van der Waals surface area (Å²) in [4.78, 5) is 14.6. The van der Waals surface area contributed by atoms with E-state index in [0.717, 1.165) is 12.0 Å². The van der Waals surface area contributed by atoms with Gasteiger partial charge in [-0.2, -0.15) is 0 Å². The van der Waals surface area contributed by atoms with Crippen LogP contribution in [-0.4, -0.2) is 36.3 Å². The van der Waals surface area contributed by atoms with Crippen LogP contribution < -0.4 is 0 Å². The molecule has 0 N–H and O–H groups in total. The van der Waals surface area contributed by atoms with Crippen molar-refractivity contribution in [1.82, 2.24) is 4.90 Å². The Bertz CT molecular complexity index is 859. The van der Waals surface area contributed by atoms with Crippen LogP contribution in [0.1, 0.15) is 28.7 Å². The highest BCUT2D eigenvalue weighted by Gasteiger charge is 2.39. The smallest absolute Gasteiger partial charge is 0.411 e. The van der Waals surface area contributed by atoms with Gasteiger partial charge in [-0.1, -0.05) is 60.2 Å². The fourth-order valence-electron chi connectivity index (χ4n) is 4.05. The van der Waals surface area contributed by atoms with E-state index in [1.807, 2.05) is 35.2 Å². The minimum absolute atomic E-state index is 0.0210. The van der Waals surface area contributed by atoms with Gasteiger partial charge < -0.3 is 9.47 Å². The number of morpholine rings is 1. The highest BCUT2D eigenvalue weighted by molar-refractivity contribution is 5.75. The molecular weight excluding hydrogens is 338 g/mol. The average molecular weight is 363 g/mol. The van der Waals surface area contributed by atoms with Crippen LogP contribution in [0, 0.1) is 13.8 Å². The van der Waals surface area contributed by atoms with Gasteiger partial charge in [-0.15, -0.1) is 0 Å².